The second-order valence-corrected chi connectivity index (χ2v) is 18.1. The molecule has 0 aliphatic heterocycles. The molecule has 4 nitrogen and oxygen atoms in total. The number of nitriles is 1. The molecule has 0 fully saturated rings. The van der Waals surface area contributed by atoms with E-state index >= 15 is 0 Å². The largest absolute Gasteiger partial charge is 0.307 e. The first-order valence-corrected chi connectivity index (χ1v) is 23.3. The van der Waals surface area contributed by atoms with Gasteiger partial charge in [0.2, 0.25) is 0 Å². The van der Waals surface area contributed by atoms with E-state index in [1.165, 1.54) is 44.5 Å². The van der Waals surface area contributed by atoms with Gasteiger partial charge < -0.3 is 4.57 Å². The van der Waals surface area contributed by atoms with Crippen LogP contribution in [0.1, 0.15) is 27.8 Å². The van der Waals surface area contributed by atoms with Crippen molar-refractivity contribution in [3.63, 3.8) is 0 Å². The van der Waals surface area contributed by atoms with Gasteiger partial charge in [-0.3, -0.25) is 4.57 Å². The Labute approximate surface area is 396 Å². The van der Waals surface area contributed by atoms with E-state index in [0.717, 1.165) is 88.5 Å². The smallest absolute Gasteiger partial charge is 0.138 e. The Morgan fingerprint density at radius 1 is 0.353 bits per heavy atom. The molecule has 0 unspecified atom stereocenters. The molecular formula is C64H46N4. The van der Waals surface area contributed by atoms with Gasteiger partial charge in [-0.05, 0) is 131 Å². The maximum Gasteiger partial charge on any atom is 0.138 e. The van der Waals surface area contributed by atoms with Crippen LogP contribution in [0.15, 0.2) is 206 Å². The first kappa shape index (κ1) is 40.7. The summed E-state index contributed by atoms with van der Waals surface area (Å²) >= 11 is 0. The second kappa shape index (κ2) is 16.3. The summed E-state index contributed by atoms with van der Waals surface area (Å²) in [5.41, 5.74) is 21.7. The monoisotopic (exact) mass is 870 g/mol. The van der Waals surface area contributed by atoms with E-state index in [0.29, 0.717) is 5.56 Å². The van der Waals surface area contributed by atoms with Crippen molar-refractivity contribution in [1.29, 1.82) is 5.26 Å². The number of rotatable bonds is 7. The molecule has 9 aromatic carbocycles. The quantitative estimate of drug-likeness (QED) is 0.160. The van der Waals surface area contributed by atoms with Gasteiger partial charge in [0, 0.05) is 32.7 Å². The van der Waals surface area contributed by atoms with Crippen LogP contribution in [0.3, 0.4) is 0 Å². The minimum absolute atomic E-state index is 0.596. The summed E-state index contributed by atoms with van der Waals surface area (Å²) in [5, 5.41) is 15.4. The number of hydrogen-bond donors (Lipinski definition) is 0. The van der Waals surface area contributed by atoms with E-state index < -0.39 is 0 Å². The average molecular weight is 871 g/mol. The molecule has 12 rings (SSSR count). The Morgan fingerprint density at radius 2 is 0.691 bits per heavy atom. The van der Waals surface area contributed by atoms with Crippen LogP contribution in [0.4, 0.5) is 0 Å². The van der Waals surface area contributed by atoms with Crippen molar-refractivity contribution in [2.24, 2.45) is 0 Å². The number of benzene rings is 9. The van der Waals surface area contributed by atoms with Crippen LogP contribution < -0.4 is 0 Å². The number of pyridine rings is 1. The molecule has 322 valence electrons. The predicted octanol–water partition coefficient (Wildman–Crippen LogP) is 16.7. The molecule has 0 radical (unpaired) electrons. The molecule has 0 aliphatic rings. The number of aromatic nitrogens is 3. The van der Waals surface area contributed by atoms with Gasteiger partial charge in [-0.2, -0.15) is 5.26 Å². The van der Waals surface area contributed by atoms with Crippen molar-refractivity contribution in [2.45, 2.75) is 27.7 Å². The molecule has 3 aromatic heterocycles. The third kappa shape index (κ3) is 6.63. The molecule has 4 heteroatoms. The predicted molar refractivity (Wildman–Crippen MR) is 284 cm³/mol. The zero-order valence-electron chi connectivity index (χ0n) is 38.4. The minimum atomic E-state index is 0.596. The molecule has 0 N–H and O–H groups in total. The molecule has 12 aromatic rings. The van der Waals surface area contributed by atoms with Crippen molar-refractivity contribution in [3.05, 3.63) is 234 Å². The van der Waals surface area contributed by atoms with Gasteiger partial charge >= 0.3 is 0 Å². The van der Waals surface area contributed by atoms with Crippen LogP contribution in [0.5, 0.6) is 0 Å². The van der Waals surface area contributed by atoms with Gasteiger partial charge in [0.15, 0.2) is 0 Å². The van der Waals surface area contributed by atoms with E-state index in [4.69, 9.17) is 4.98 Å². The second-order valence-electron chi connectivity index (χ2n) is 18.1. The summed E-state index contributed by atoms with van der Waals surface area (Å²) in [6.45, 7) is 8.69. The molecule has 0 atom stereocenters. The van der Waals surface area contributed by atoms with Crippen molar-refractivity contribution in [3.8, 4) is 73.2 Å². The van der Waals surface area contributed by atoms with Crippen molar-refractivity contribution >= 4 is 43.6 Å². The van der Waals surface area contributed by atoms with Gasteiger partial charge in [-0.25, -0.2) is 4.98 Å². The van der Waals surface area contributed by atoms with Crippen LogP contribution >= 0.6 is 0 Å². The Morgan fingerprint density at radius 3 is 1.06 bits per heavy atom. The molecule has 68 heavy (non-hydrogen) atoms. The molecule has 0 aliphatic carbocycles. The zero-order chi connectivity index (χ0) is 46.0. The van der Waals surface area contributed by atoms with Crippen LogP contribution in [-0.2, 0) is 0 Å². The molecule has 0 saturated carbocycles. The van der Waals surface area contributed by atoms with E-state index in [-0.39, 0.29) is 0 Å². The van der Waals surface area contributed by atoms with Crippen molar-refractivity contribution in [1.82, 2.24) is 14.1 Å². The number of fused-ring (bicyclic) bond motifs is 6. The topological polar surface area (TPSA) is 46.5 Å². The Kier molecular flexibility index (Phi) is 9.74. The zero-order valence-corrected chi connectivity index (χ0v) is 38.4. The minimum Gasteiger partial charge on any atom is -0.307 e. The molecule has 0 saturated heterocycles. The highest BCUT2D eigenvalue weighted by atomic mass is 15.1. The first-order valence-electron chi connectivity index (χ1n) is 23.3. The summed E-state index contributed by atoms with van der Waals surface area (Å²) in [4.78, 5) is 5.52. The Hall–Kier alpha value is -8.78. The molecule has 0 bridgehead atoms. The number of aryl methyl sites for hydroxylation is 4. The van der Waals surface area contributed by atoms with Crippen molar-refractivity contribution < 1.29 is 0 Å². The summed E-state index contributed by atoms with van der Waals surface area (Å²) < 4.78 is 4.71. The highest BCUT2D eigenvalue weighted by Crippen LogP contribution is 2.43. The van der Waals surface area contributed by atoms with Gasteiger partial charge in [0.25, 0.3) is 0 Å². The lowest BCUT2D eigenvalue weighted by molar-refractivity contribution is 1.06. The lowest BCUT2D eigenvalue weighted by Gasteiger charge is -2.18. The van der Waals surface area contributed by atoms with Gasteiger partial charge in [-0.15, -0.1) is 0 Å². The highest BCUT2D eigenvalue weighted by molar-refractivity contribution is 6.13. The van der Waals surface area contributed by atoms with E-state index in [1.807, 2.05) is 24.4 Å². The fourth-order valence-electron chi connectivity index (χ4n) is 10.6. The summed E-state index contributed by atoms with van der Waals surface area (Å²) in [5.74, 6) is 0.766. The van der Waals surface area contributed by atoms with Gasteiger partial charge in [-0.1, -0.05) is 164 Å². The van der Waals surface area contributed by atoms with Crippen LogP contribution in [0.2, 0.25) is 0 Å². The van der Waals surface area contributed by atoms with Crippen LogP contribution in [-0.4, -0.2) is 14.1 Å². The number of hydrogen-bond acceptors (Lipinski definition) is 2. The summed E-state index contributed by atoms with van der Waals surface area (Å²) in [6, 6.07) is 74.4. The number of nitrogens with zero attached hydrogens (tertiary/aromatic N) is 4. The van der Waals surface area contributed by atoms with Gasteiger partial charge in [0.05, 0.1) is 45.6 Å². The lowest BCUT2D eigenvalue weighted by atomic mass is 9.98. The standard InChI is InChI=1S/C64H46N4/c1-40-15-5-10-20-49(40)44-25-29-54-55-30-26-45(50-21-11-6-16-41(50)2)34-60(55)67(59(54)33-44)63-39-66-64(37-58(63)53-24-14-9-19-48(53)38-65)68-61-35-46(51-22-12-7-17-42(51)3)27-31-56(61)57-32-28-47(36-62(57)68)52-23-13-8-18-43(52)4/h5-37,39H,1-4H3. The Bertz CT molecular complexity index is 3840. The fraction of sp³-hybridized carbons (Fsp3) is 0.0625. The van der Waals surface area contributed by atoms with Gasteiger partial charge in [0.1, 0.15) is 5.82 Å². The third-order valence-corrected chi connectivity index (χ3v) is 14.0. The summed E-state index contributed by atoms with van der Waals surface area (Å²) in [7, 11) is 0. The van der Waals surface area contributed by atoms with Crippen LogP contribution in [0.25, 0.3) is 111 Å². The fourth-order valence-corrected chi connectivity index (χ4v) is 10.6. The Balaban J connectivity index is 1.19. The first-order chi connectivity index (χ1) is 33.3. The molecule has 0 spiro atoms. The van der Waals surface area contributed by atoms with E-state index in [9.17, 15) is 5.26 Å². The third-order valence-electron chi connectivity index (χ3n) is 14.0. The summed E-state index contributed by atoms with van der Waals surface area (Å²) in [6.07, 6.45) is 2.03. The average Bonchev–Trinajstić information content (AvgIpc) is 3.87. The highest BCUT2D eigenvalue weighted by Gasteiger charge is 2.23. The van der Waals surface area contributed by atoms with E-state index in [2.05, 4.69) is 225 Å². The molecule has 0 amide bonds. The van der Waals surface area contributed by atoms with Crippen LogP contribution in [0, 0.1) is 39.0 Å². The molecular weight excluding hydrogens is 825 g/mol. The maximum absolute atomic E-state index is 10.8. The normalized spacial score (nSPS) is 11.5. The van der Waals surface area contributed by atoms with Crippen molar-refractivity contribution in [2.75, 3.05) is 0 Å². The lowest BCUT2D eigenvalue weighted by Crippen LogP contribution is -2.04. The van der Waals surface area contributed by atoms with E-state index in [1.54, 1.807) is 0 Å². The SMILES string of the molecule is Cc1ccccc1-c1ccc2c3ccc(-c4ccccc4C)cc3n(-c3cc(-c4ccccc4C#N)c(-n4c5cc(-c6ccccc6C)ccc5c5ccc(-c6ccccc6C)cc54)cn3)c2c1. The maximum atomic E-state index is 10.8. The molecule has 3 heterocycles.